The van der Waals surface area contributed by atoms with E-state index in [4.69, 9.17) is 0 Å². The van der Waals surface area contributed by atoms with E-state index in [-0.39, 0.29) is 24.2 Å². The highest BCUT2D eigenvalue weighted by Gasteiger charge is 2.35. The van der Waals surface area contributed by atoms with E-state index >= 15 is 0 Å². The Morgan fingerprint density at radius 2 is 1.82 bits per heavy atom. The van der Waals surface area contributed by atoms with Gasteiger partial charge >= 0.3 is 0 Å². The molecule has 1 saturated carbocycles. The van der Waals surface area contributed by atoms with Gasteiger partial charge in [0, 0.05) is 24.6 Å². The van der Waals surface area contributed by atoms with E-state index in [1.807, 2.05) is 26.0 Å². The van der Waals surface area contributed by atoms with E-state index in [0.29, 0.717) is 17.6 Å². The normalized spacial score (nSPS) is 20.6. The number of anilines is 2. The molecule has 0 radical (unpaired) electrons. The van der Waals surface area contributed by atoms with Gasteiger partial charge in [-0.25, -0.2) is 0 Å². The monoisotopic (exact) mass is 398 g/mol. The van der Waals surface area contributed by atoms with Crippen molar-refractivity contribution in [2.24, 2.45) is 5.92 Å². The molecule has 148 valence electrons. The molecule has 1 saturated heterocycles. The molecule has 2 heterocycles. The van der Waals surface area contributed by atoms with Gasteiger partial charge in [0.05, 0.1) is 5.92 Å². The van der Waals surface area contributed by atoms with Gasteiger partial charge in [0.1, 0.15) is 5.01 Å². The fourth-order valence-corrected chi connectivity index (χ4v) is 5.16. The first kappa shape index (κ1) is 19.1. The lowest BCUT2D eigenvalue weighted by atomic mass is 9.90. The zero-order chi connectivity index (χ0) is 19.7. The molecule has 2 fully saturated rings. The Morgan fingerprint density at radius 3 is 2.54 bits per heavy atom. The van der Waals surface area contributed by atoms with E-state index in [2.05, 4.69) is 21.6 Å². The number of hydrogen-bond donors (Lipinski definition) is 1. The van der Waals surface area contributed by atoms with Gasteiger partial charge in [-0.1, -0.05) is 36.7 Å². The molecule has 7 heteroatoms. The van der Waals surface area contributed by atoms with Crippen LogP contribution in [0, 0.1) is 19.8 Å². The van der Waals surface area contributed by atoms with E-state index < -0.39 is 0 Å². The summed E-state index contributed by atoms with van der Waals surface area (Å²) in [7, 11) is 0. The maximum Gasteiger partial charge on any atom is 0.231 e. The number of carbonyl (C=O) groups is 2. The first-order chi connectivity index (χ1) is 13.5. The molecule has 1 N–H and O–H groups in total. The van der Waals surface area contributed by atoms with Gasteiger partial charge in [-0.3, -0.25) is 9.59 Å². The van der Waals surface area contributed by atoms with Crippen LogP contribution in [0.2, 0.25) is 0 Å². The third-order valence-electron chi connectivity index (χ3n) is 5.64. The van der Waals surface area contributed by atoms with Crippen molar-refractivity contribution in [1.29, 1.82) is 0 Å². The van der Waals surface area contributed by atoms with Crippen LogP contribution in [0.3, 0.4) is 0 Å². The number of hydrogen-bond acceptors (Lipinski definition) is 5. The summed E-state index contributed by atoms with van der Waals surface area (Å²) in [5.41, 5.74) is 3.09. The third-order valence-corrected chi connectivity index (χ3v) is 6.64. The van der Waals surface area contributed by atoms with Crippen molar-refractivity contribution < 1.29 is 9.59 Å². The molecule has 0 bridgehead atoms. The van der Waals surface area contributed by atoms with Gasteiger partial charge in [0.2, 0.25) is 16.9 Å². The molecule has 1 unspecified atom stereocenters. The maximum absolute atomic E-state index is 12.7. The summed E-state index contributed by atoms with van der Waals surface area (Å²) >= 11 is 1.48. The molecule has 1 aromatic heterocycles. The lowest BCUT2D eigenvalue weighted by Gasteiger charge is -2.18. The number of rotatable bonds is 4. The molecule has 1 atom stereocenters. The molecular weight excluding hydrogens is 372 g/mol. The highest BCUT2D eigenvalue weighted by molar-refractivity contribution is 7.15. The topological polar surface area (TPSA) is 75.2 Å². The molecule has 6 nitrogen and oxygen atoms in total. The number of aromatic nitrogens is 2. The number of carbonyl (C=O) groups excluding carboxylic acids is 2. The van der Waals surface area contributed by atoms with Gasteiger partial charge in [-0.05, 0) is 49.9 Å². The fourth-order valence-electron chi connectivity index (χ4n) is 4.25. The van der Waals surface area contributed by atoms with Crippen LogP contribution in [-0.4, -0.2) is 28.6 Å². The van der Waals surface area contributed by atoms with Crippen LogP contribution < -0.4 is 10.2 Å². The minimum atomic E-state index is -0.365. The van der Waals surface area contributed by atoms with Gasteiger partial charge in [0.15, 0.2) is 0 Å². The van der Waals surface area contributed by atoms with Crippen LogP contribution in [0.25, 0.3) is 0 Å². The van der Waals surface area contributed by atoms with Crippen molar-refractivity contribution in [1.82, 2.24) is 10.2 Å². The van der Waals surface area contributed by atoms with E-state index in [0.717, 1.165) is 34.7 Å². The number of aryl methyl sites for hydroxylation is 2. The Bertz CT molecular complexity index is 868. The largest absolute Gasteiger partial charge is 0.312 e. The Labute approximate surface area is 169 Å². The highest BCUT2D eigenvalue weighted by Crippen LogP contribution is 2.35. The Morgan fingerprint density at radius 1 is 1.11 bits per heavy atom. The molecule has 2 aliphatic rings. The molecule has 4 rings (SSSR count). The zero-order valence-electron chi connectivity index (χ0n) is 16.4. The minimum Gasteiger partial charge on any atom is -0.312 e. The number of amides is 2. The number of nitrogens with zero attached hydrogens (tertiary/aromatic N) is 3. The molecule has 2 aromatic rings. The van der Waals surface area contributed by atoms with Crippen LogP contribution in [0.15, 0.2) is 18.2 Å². The second-order valence-electron chi connectivity index (χ2n) is 8.02. The standard InChI is InChI=1S/C21H26N4O2S/c1-13-8-14(2)10-17(9-13)25-12-16(11-18(25)26)19(27)22-21-24-23-20(28-21)15-6-4-3-5-7-15/h8-10,15-16H,3-7,11-12H2,1-2H3,(H,22,24,27). The average molecular weight is 399 g/mol. The first-order valence-electron chi connectivity index (χ1n) is 10.0. The maximum atomic E-state index is 12.7. The summed E-state index contributed by atoms with van der Waals surface area (Å²) in [6, 6.07) is 6.06. The van der Waals surface area contributed by atoms with Crippen LogP contribution in [0.5, 0.6) is 0 Å². The second-order valence-corrected chi connectivity index (χ2v) is 9.03. The smallest absolute Gasteiger partial charge is 0.231 e. The highest BCUT2D eigenvalue weighted by atomic mass is 32.1. The van der Waals surface area contributed by atoms with Gasteiger partial charge < -0.3 is 10.2 Å². The molecule has 0 spiro atoms. The minimum absolute atomic E-state index is 0.00897. The molecular formula is C21H26N4O2S. The van der Waals surface area contributed by atoms with Crippen molar-refractivity contribution in [3.63, 3.8) is 0 Å². The molecule has 2 amide bonds. The SMILES string of the molecule is Cc1cc(C)cc(N2CC(C(=O)Nc3nnc(C4CCCCC4)s3)CC2=O)c1. The predicted octanol–water partition coefficient (Wildman–Crippen LogP) is 4.19. The second kappa shape index (κ2) is 7.99. The van der Waals surface area contributed by atoms with Gasteiger partial charge in [0.25, 0.3) is 0 Å². The zero-order valence-corrected chi connectivity index (χ0v) is 17.2. The van der Waals surface area contributed by atoms with E-state index in [9.17, 15) is 9.59 Å². The van der Waals surface area contributed by atoms with Gasteiger partial charge in [-0.2, -0.15) is 0 Å². The van der Waals surface area contributed by atoms with Crippen LogP contribution in [0.4, 0.5) is 10.8 Å². The van der Waals surface area contributed by atoms with Crippen LogP contribution in [-0.2, 0) is 9.59 Å². The van der Waals surface area contributed by atoms with Crippen LogP contribution >= 0.6 is 11.3 Å². The van der Waals surface area contributed by atoms with Crippen molar-refractivity contribution in [3.05, 3.63) is 34.3 Å². The number of nitrogens with one attached hydrogen (secondary N) is 1. The molecule has 1 aromatic carbocycles. The fraction of sp³-hybridized carbons (Fsp3) is 0.524. The summed E-state index contributed by atoms with van der Waals surface area (Å²) < 4.78 is 0. The summed E-state index contributed by atoms with van der Waals surface area (Å²) in [4.78, 5) is 26.9. The Kier molecular flexibility index (Phi) is 5.44. The summed E-state index contributed by atoms with van der Waals surface area (Å²) in [5.74, 6) is -0.0442. The van der Waals surface area contributed by atoms with Crippen molar-refractivity contribution >= 4 is 34.0 Å². The van der Waals surface area contributed by atoms with Crippen LogP contribution in [0.1, 0.15) is 60.6 Å². The molecule has 1 aliphatic carbocycles. The van der Waals surface area contributed by atoms with E-state index in [1.165, 1.54) is 30.6 Å². The van der Waals surface area contributed by atoms with Crippen molar-refractivity contribution in [2.45, 2.75) is 58.3 Å². The Balaban J connectivity index is 1.40. The van der Waals surface area contributed by atoms with Crippen molar-refractivity contribution in [3.8, 4) is 0 Å². The number of benzene rings is 1. The van der Waals surface area contributed by atoms with E-state index in [1.54, 1.807) is 4.90 Å². The first-order valence-corrected chi connectivity index (χ1v) is 10.8. The Hall–Kier alpha value is -2.28. The summed E-state index contributed by atoms with van der Waals surface area (Å²) in [5, 5.41) is 12.9. The lowest BCUT2D eigenvalue weighted by Crippen LogP contribution is -2.28. The molecule has 1 aliphatic heterocycles. The summed E-state index contributed by atoms with van der Waals surface area (Å²) in [6.07, 6.45) is 6.32. The average Bonchev–Trinajstić information content (AvgIpc) is 3.28. The predicted molar refractivity (Wildman–Crippen MR) is 111 cm³/mol. The lowest BCUT2D eigenvalue weighted by molar-refractivity contribution is -0.122. The summed E-state index contributed by atoms with van der Waals surface area (Å²) in [6.45, 7) is 4.43. The molecule has 28 heavy (non-hydrogen) atoms. The quantitative estimate of drug-likeness (QED) is 0.838. The van der Waals surface area contributed by atoms with Crippen molar-refractivity contribution in [2.75, 3.05) is 16.8 Å². The van der Waals surface area contributed by atoms with Gasteiger partial charge in [-0.15, -0.1) is 10.2 Å². The third kappa shape index (κ3) is 4.09.